The zero-order chi connectivity index (χ0) is 19.8. The van der Waals surface area contributed by atoms with Gasteiger partial charge in [0.15, 0.2) is 0 Å². The summed E-state index contributed by atoms with van der Waals surface area (Å²) in [6.07, 6.45) is 1.05. The molecule has 0 bridgehead atoms. The van der Waals surface area contributed by atoms with E-state index in [1.165, 1.54) is 45.3 Å². The van der Waals surface area contributed by atoms with Gasteiger partial charge in [0.25, 0.3) is 0 Å². The Kier molecular flexibility index (Phi) is 4.33. The Labute approximate surface area is 172 Å². The molecule has 0 unspecified atom stereocenters. The molecule has 0 atom stereocenters. The smallest absolute Gasteiger partial charge is 0.0703 e. The van der Waals surface area contributed by atoms with Crippen molar-refractivity contribution in [1.82, 2.24) is 0 Å². The standard InChI is InChI=1S/C27H24N2/c1-3-21-14-18-23(19-15-21)29-26-10-6-4-8-24(26)28(22-16-12-20(2)13-17-22)25-9-5-7-11-27(25)29/h4-19H,3H2,1-2H3. The summed E-state index contributed by atoms with van der Waals surface area (Å²) in [4.78, 5) is 4.73. The largest absolute Gasteiger partial charge is 0.306 e. The van der Waals surface area contributed by atoms with E-state index in [4.69, 9.17) is 0 Å². The molecule has 0 amide bonds. The molecular weight excluding hydrogens is 352 g/mol. The van der Waals surface area contributed by atoms with E-state index < -0.39 is 0 Å². The van der Waals surface area contributed by atoms with Gasteiger partial charge in [-0.05, 0) is 67.4 Å². The third-order valence-electron chi connectivity index (χ3n) is 5.62. The summed E-state index contributed by atoms with van der Waals surface area (Å²) < 4.78 is 0. The van der Waals surface area contributed by atoms with Crippen molar-refractivity contribution in [1.29, 1.82) is 0 Å². The maximum absolute atomic E-state index is 2.37. The molecule has 1 heterocycles. The highest BCUT2D eigenvalue weighted by Gasteiger charge is 2.29. The molecule has 0 aliphatic carbocycles. The van der Waals surface area contributed by atoms with E-state index in [0.29, 0.717) is 0 Å². The topological polar surface area (TPSA) is 6.48 Å². The van der Waals surface area contributed by atoms with E-state index in [1.807, 2.05) is 0 Å². The molecule has 2 nitrogen and oxygen atoms in total. The lowest BCUT2D eigenvalue weighted by molar-refractivity contribution is 1.13. The van der Waals surface area contributed by atoms with Crippen LogP contribution in [-0.2, 0) is 6.42 Å². The average molecular weight is 377 g/mol. The Morgan fingerprint density at radius 3 is 1.28 bits per heavy atom. The second-order valence-corrected chi connectivity index (χ2v) is 7.50. The number of benzene rings is 4. The first kappa shape index (κ1) is 17.6. The van der Waals surface area contributed by atoms with Crippen LogP contribution < -0.4 is 9.80 Å². The number of hydrogen-bond acceptors (Lipinski definition) is 2. The number of aryl methyl sites for hydroxylation is 2. The zero-order valence-electron chi connectivity index (χ0n) is 16.8. The Morgan fingerprint density at radius 1 is 0.517 bits per heavy atom. The molecule has 0 saturated heterocycles. The van der Waals surface area contributed by atoms with Gasteiger partial charge < -0.3 is 9.80 Å². The molecular formula is C27H24N2. The van der Waals surface area contributed by atoms with Gasteiger partial charge in [0.1, 0.15) is 0 Å². The van der Waals surface area contributed by atoms with Crippen LogP contribution in [0.5, 0.6) is 0 Å². The summed E-state index contributed by atoms with van der Waals surface area (Å²) in [5, 5.41) is 0. The number of para-hydroxylation sites is 4. The van der Waals surface area contributed by atoms with Crippen molar-refractivity contribution in [2.75, 3.05) is 9.80 Å². The normalized spacial score (nSPS) is 12.5. The van der Waals surface area contributed by atoms with Gasteiger partial charge in [0, 0.05) is 11.4 Å². The van der Waals surface area contributed by atoms with Gasteiger partial charge in [-0.1, -0.05) is 61.0 Å². The first-order valence-corrected chi connectivity index (χ1v) is 10.2. The Bertz CT molecular complexity index is 1100. The number of anilines is 6. The number of hydrogen-bond donors (Lipinski definition) is 0. The Morgan fingerprint density at radius 2 is 0.897 bits per heavy atom. The zero-order valence-corrected chi connectivity index (χ0v) is 16.8. The summed E-state index contributed by atoms with van der Waals surface area (Å²) in [6, 6.07) is 35.0. The van der Waals surface area contributed by atoms with Crippen LogP contribution in [0.4, 0.5) is 34.1 Å². The van der Waals surface area contributed by atoms with Gasteiger partial charge in [-0.3, -0.25) is 0 Å². The first-order chi connectivity index (χ1) is 14.3. The van der Waals surface area contributed by atoms with Crippen molar-refractivity contribution >= 4 is 34.1 Å². The van der Waals surface area contributed by atoms with Gasteiger partial charge in [-0.15, -0.1) is 0 Å². The summed E-state index contributed by atoms with van der Waals surface area (Å²) >= 11 is 0. The number of fused-ring (bicyclic) bond motifs is 2. The van der Waals surface area contributed by atoms with Crippen molar-refractivity contribution in [2.45, 2.75) is 20.3 Å². The van der Waals surface area contributed by atoms with Gasteiger partial charge >= 0.3 is 0 Å². The van der Waals surface area contributed by atoms with E-state index >= 15 is 0 Å². The third kappa shape index (κ3) is 2.98. The van der Waals surface area contributed by atoms with Crippen LogP contribution in [0.25, 0.3) is 0 Å². The number of rotatable bonds is 3. The molecule has 142 valence electrons. The Balaban J connectivity index is 1.73. The molecule has 1 aliphatic heterocycles. The third-order valence-corrected chi connectivity index (χ3v) is 5.62. The molecule has 0 aromatic heterocycles. The molecule has 5 rings (SSSR count). The summed E-state index contributed by atoms with van der Waals surface area (Å²) in [7, 11) is 0. The summed E-state index contributed by atoms with van der Waals surface area (Å²) in [5.74, 6) is 0. The van der Waals surface area contributed by atoms with E-state index in [0.717, 1.165) is 6.42 Å². The molecule has 0 saturated carbocycles. The maximum Gasteiger partial charge on any atom is 0.0703 e. The molecule has 1 aliphatic rings. The Hall–Kier alpha value is -3.52. The molecule has 0 fully saturated rings. The van der Waals surface area contributed by atoms with E-state index in [2.05, 4.69) is 121 Å². The fourth-order valence-corrected chi connectivity index (χ4v) is 4.08. The lowest BCUT2D eigenvalue weighted by Gasteiger charge is -2.40. The highest BCUT2D eigenvalue weighted by atomic mass is 15.3. The van der Waals surface area contributed by atoms with Crippen LogP contribution in [0.15, 0.2) is 97.1 Å². The predicted octanol–water partition coefficient (Wildman–Crippen LogP) is 7.81. The molecule has 0 N–H and O–H groups in total. The second-order valence-electron chi connectivity index (χ2n) is 7.50. The quantitative estimate of drug-likeness (QED) is 0.317. The van der Waals surface area contributed by atoms with Crippen LogP contribution in [0, 0.1) is 6.92 Å². The van der Waals surface area contributed by atoms with E-state index in [-0.39, 0.29) is 0 Å². The second kappa shape index (κ2) is 7.14. The minimum Gasteiger partial charge on any atom is -0.306 e. The fourth-order valence-electron chi connectivity index (χ4n) is 4.08. The minimum absolute atomic E-state index is 1.05. The lowest BCUT2D eigenvalue weighted by atomic mass is 10.0. The van der Waals surface area contributed by atoms with Crippen LogP contribution >= 0.6 is 0 Å². The van der Waals surface area contributed by atoms with E-state index in [1.54, 1.807) is 0 Å². The lowest BCUT2D eigenvalue weighted by Crippen LogP contribution is -2.23. The summed E-state index contributed by atoms with van der Waals surface area (Å²) in [6.45, 7) is 4.32. The number of nitrogens with zero attached hydrogens (tertiary/aromatic N) is 2. The van der Waals surface area contributed by atoms with Gasteiger partial charge in [0.05, 0.1) is 22.7 Å². The van der Waals surface area contributed by atoms with Crippen molar-refractivity contribution < 1.29 is 0 Å². The SMILES string of the molecule is CCc1ccc(N2c3ccccc3N(c3ccc(C)cc3)c3ccccc32)cc1. The molecule has 4 aromatic carbocycles. The maximum atomic E-state index is 2.37. The van der Waals surface area contributed by atoms with E-state index in [9.17, 15) is 0 Å². The van der Waals surface area contributed by atoms with Gasteiger partial charge in [-0.2, -0.15) is 0 Å². The van der Waals surface area contributed by atoms with Crippen molar-refractivity contribution in [3.05, 3.63) is 108 Å². The van der Waals surface area contributed by atoms with Crippen LogP contribution in [0.3, 0.4) is 0 Å². The summed E-state index contributed by atoms with van der Waals surface area (Å²) in [5.41, 5.74) is 9.75. The highest BCUT2D eigenvalue weighted by Crippen LogP contribution is 2.53. The van der Waals surface area contributed by atoms with Gasteiger partial charge in [0.2, 0.25) is 0 Å². The van der Waals surface area contributed by atoms with Crippen molar-refractivity contribution in [2.24, 2.45) is 0 Å². The van der Waals surface area contributed by atoms with Gasteiger partial charge in [-0.25, -0.2) is 0 Å². The first-order valence-electron chi connectivity index (χ1n) is 10.2. The predicted molar refractivity (Wildman–Crippen MR) is 123 cm³/mol. The van der Waals surface area contributed by atoms with Crippen LogP contribution in [0.1, 0.15) is 18.1 Å². The van der Waals surface area contributed by atoms with Crippen LogP contribution in [-0.4, -0.2) is 0 Å². The molecule has 29 heavy (non-hydrogen) atoms. The molecule has 2 heteroatoms. The fraction of sp³-hybridized carbons (Fsp3) is 0.111. The monoisotopic (exact) mass is 376 g/mol. The highest BCUT2D eigenvalue weighted by molar-refractivity contribution is 6.01. The minimum atomic E-state index is 1.05. The molecule has 0 radical (unpaired) electrons. The average Bonchev–Trinajstić information content (AvgIpc) is 2.78. The molecule has 4 aromatic rings. The molecule has 0 spiro atoms. The van der Waals surface area contributed by atoms with Crippen molar-refractivity contribution in [3.63, 3.8) is 0 Å². The van der Waals surface area contributed by atoms with Crippen LogP contribution in [0.2, 0.25) is 0 Å². The van der Waals surface area contributed by atoms with Crippen molar-refractivity contribution in [3.8, 4) is 0 Å².